The first-order valence-corrected chi connectivity index (χ1v) is 7.20. The summed E-state index contributed by atoms with van der Waals surface area (Å²) in [5, 5.41) is 22.3. The van der Waals surface area contributed by atoms with Gasteiger partial charge in [0.15, 0.2) is 0 Å². The van der Waals surface area contributed by atoms with E-state index in [1.165, 1.54) is 11.8 Å². The summed E-state index contributed by atoms with van der Waals surface area (Å²) in [4.78, 5) is 23.6. The van der Waals surface area contributed by atoms with Crippen LogP contribution in [0.15, 0.2) is 18.2 Å². The summed E-state index contributed by atoms with van der Waals surface area (Å²) in [7, 11) is 0. The molecule has 8 heteroatoms. The number of carbonyl (C=O) groups excluding carboxylic acids is 1. The molecule has 1 atom stereocenters. The lowest BCUT2D eigenvalue weighted by Crippen LogP contribution is -2.54. The van der Waals surface area contributed by atoms with Crippen LogP contribution in [0.3, 0.4) is 0 Å². The number of rotatable bonds is 3. The molecular weight excluding hydrogens is 280 g/mol. The van der Waals surface area contributed by atoms with Gasteiger partial charge in [-0.2, -0.15) is 27.2 Å². The number of hydrogen-bond acceptors (Lipinski definition) is 5. The summed E-state index contributed by atoms with van der Waals surface area (Å²) in [5.74, 6) is -0.270. The molecule has 0 saturated carbocycles. The summed E-state index contributed by atoms with van der Waals surface area (Å²) in [6.45, 7) is 0. The Labute approximate surface area is 118 Å². The number of nitrogens with one attached hydrogen (secondary N) is 2. The van der Waals surface area contributed by atoms with Crippen molar-refractivity contribution in [1.29, 1.82) is 0 Å². The summed E-state index contributed by atoms with van der Waals surface area (Å²) < 4.78 is 0. The quantitative estimate of drug-likeness (QED) is 0.766. The molecule has 1 aromatic carbocycles. The van der Waals surface area contributed by atoms with Crippen LogP contribution in [0.25, 0.3) is 11.0 Å². The van der Waals surface area contributed by atoms with Gasteiger partial charge in [-0.1, -0.05) is 0 Å². The van der Waals surface area contributed by atoms with Crippen molar-refractivity contribution in [1.82, 2.24) is 20.7 Å². The second kappa shape index (κ2) is 4.78. The number of benzene rings is 1. The molecule has 20 heavy (non-hydrogen) atoms. The van der Waals surface area contributed by atoms with Crippen molar-refractivity contribution >= 4 is 34.7 Å². The van der Waals surface area contributed by atoms with Crippen molar-refractivity contribution < 1.29 is 14.7 Å². The molecule has 1 aliphatic rings. The number of H-pyrrole nitrogens is 1. The van der Waals surface area contributed by atoms with Gasteiger partial charge in [-0.25, -0.2) is 4.79 Å². The fourth-order valence-corrected chi connectivity index (χ4v) is 3.48. The maximum Gasteiger partial charge on any atom is 0.330 e. The zero-order chi connectivity index (χ0) is 14.2. The third-order valence-electron chi connectivity index (χ3n) is 3.36. The van der Waals surface area contributed by atoms with Gasteiger partial charge in [0.25, 0.3) is 5.91 Å². The molecule has 104 valence electrons. The van der Waals surface area contributed by atoms with E-state index in [1.54, 1.807) is 18.2 Å². The molecule has 2 heterocycles. The van der Waals surface area contributed by atoms with Gasteiger partial charge < -0.3 is 10.4 Å². The van der Waals surface area contributed by atoms with Crippen LogP contribution in [0.2, 0.25) is 0 Å². The fraction of sp³-hybridized carbons (Fsp3) is 0.333. The largest absolute Gasteiger partial charge is 0.479 e. The smallest absolute Gasteiger partial charge is 0.330 e. The van der Waals surface area contributed by atoms with E-state index >= 15 is 0 Å². The Morgan fingerprint density at radius 3 is 2.85 bits per heavy atom. The van der Waals surface area contributed by atoms with E-state index in [9.17, 15) is 14.7 Å². The van der Waals surface area contributed by atoms with Crippen LogP contribution >= 0.6 is 11.8 Å². The molecule has 0 bridgehead atoms. The Morgan fingerprint density at radius 2 is 2.15 bits per heavy atom. The maximum atomic E-state index is 12.2. The lowest BCUT2D eigenvalue weighted by molar-refractivity contribution is -0.143. The number of aliphatic carboxylic acids is 1. The molecule has 2 aromatic rings. The van der Waals surface area contributed by atoms with Crippen LogP contribution in [0.5, 0.6) is 0 Å². The van der Waals surface area contributed by atoms with Gasteiger partial charge in [-0.05, 0) is 30.4 Å². The number of carboxylic acids is 1. The zero-order valence-electron chi connectivity index (χ0n) is 10.4. The average Bonchev–Trinajstić information content (AvgIpc) is 3.06. The highest BCUT2D eigenvalue weighted by atomic mass is 32.2. The zero-order valence-corrected chi connectivity index (χ0v) is 11.2. The van der Waals surface area contributed by atoms with Crippen molar-refractivity contribution in [3.05, 3.63) is 23.8 Å². The Morgan fingerprint density at radius 1 is 1.35 bits per heavy atom. The van der Waals surface area contributed by atoms with Crippen molar-refractivity contribution in [2.75, 3.05) is 11.5 Å². The number of amides is 1. The second-order valence-electron chi connectivity index (χ2n) is 4.67. The highest BCUT2D eigenvalue weighted by Crippen LogP contribution is 2.28. The Balaban J connectivity index is 1.86. The summed E-state index contributed by atoms with van der Waals surface area (Å²) >= 11 is 1.53. The van der Waals surface area contributed by atoms with E-state index < -0.39 is 17.4 Å². The molecule has 1 aromatic heterocycles. The van der Waals surface area contributed by atoms with Gasteiger partial charge in [0.05, 0.1) is 0 Å². The number of aromatic nitrogens is 3. The number of nitrogens with zero attached hydrogens (tertiary/aromatic N) is 2. The highest BCUT2D eigenvalue weighted by Gasteiger charge is 2.43. The normalized spacial score (nSPS) is 22.0. The SMILES string of the molecule is O=C(NC1(C(=O)O)CCSC1)c1ccc2n[nH]nc2c1. The number of carbonyl (C=O) groups is 2. The Hall–Kier alpha value is -2.09. The van der Waals surface area contributed by atoms with Gasteiger partial charge in [0.1, 0.15) is 16.6 Å². The molecule has 1 aliphatic heterocycles. The van der Waals surface area contributed by atoms with Crippen LogP contribution in [0.1, 0.15) is 16.8 Å². The monoisotopic (exact) mass is 292 g/mol. The molecule has 3 N–H and O–H groups in total. The van der Waals surface area contributed by atoms with Crippen molar-refractivity contribution in [3.8, 4) is 0 Å². The summed E-state index contributed by atoms with van der Waals surface area (Å²) in [6.07, 6.45) is 0.435. The third-order valence-corrected chi connectivity index (χ3v) is 4.55. The highest BCUT2D eigenvalue weighted by molar-refractivity contribution is 7.99. The van der Waals surface area contributed by atoms with E-state index in [0.717, 1.165) is 5.75 Å². The van der Waals surface area contributed by atoms with E-state index in [-0.39, 0.29) is 0 Å². The van der Waals surface area contributed by atoms with Crippen LogP contribution in [0.4, 0.5) is 0 Å². The minimum absolute atomic E-state index is 0.379. The number of thioether (sulfide) groups is 1. The predicted octanol–water partition coefficient (Wildman–Crippen LogP) is 0.648. The maximum absolute atomic E-state index is 12.2. The van der Waals surface area contributed by atoms with E-state index in [1.807, 2.05) is 0 Å². The number of carboxylic acid groups (broad SMARTS) is 1. The first kappa shape index (κ1) is 12.9. The second-order valence-corrected chi connectivity index (χ2v) is 5.78. The molecule has 7 nitrogen and oxygen atoms in total. The first-order valence-electron chi connectivity index (χ1n) is 6.05. The lowest BCUT2D eigenvalue weighted by Gasteiger charge is -2.24. The minimum atomic E-state index is -1.17. The molecule has 3 rings (SSSR count). The van der Waals surface area contributed by atoms with Crippen molar-refractivity contribution in [2.24, 2.45) is 0 Å². The third kappa shape index (κ3) is 2.11. The molecular formula is C12H12N4O3S. The van der Waals surface area contributed by atoms with Gasteiger partial charge in [0.2, 0.25) is 0 Å². The predicted molar refractivity (Wildman–Crippen MR) is 73.7 cm³/mol. The van der Waals surface area contributed by atoms with E-state index in [0.29, 0.717) is 28.8 Å². The van der Waals surface area contributed by atoms with Crippen LogP contribution in [0, 0.1) is 0 Å². The fourth-order valence-electron chi connectivity index (χ4n) is 2.16. The van der Waals surface area contributed by atoms with Gasteiger partial charge in [0, 0.05) is 11.3 Å². The molecule has 0 spiro atoms. The number of hydrogen-bond donors (Lipinski definition) is 3. The Bertz CT molecular complexity index is 678. The average molecular weight is 292 g/mol. The number of fused-ring (bicyclic) bond motifs is 1. The lowest BCUT2D eigenvalue weighted by atomic mass is 9.98. The van der Waals surface area contributed by atoms with E-state index in [2.05, 4.69) is 20.7 Å². The Kier molecular flexibility index (Phi) is 3.09. The van der Waals surface area contributed by atoms with Crippen LogP contribution in [-0.2, 0) is 4.79 Å². The van der Waals surface area contributed by atoms with Crippen LogP contribution < -0.4 is 5.32 Å². The summed E-state index contributed by atoms with van der Waals surface area (Å²) in [6, 6.07) is 4.87. The van der Waals surface area contributed by atoms with Crippen molar-refractivity contribution in [3.63, 3.8) is 0 Å². The molecule has 1 unspecified atom stereocenters. The first-order chi connectivity index (χ1) is 9.61. The molecule has 1 amide bonds. The minimum Gasteiger partial charge on any atom is -0.479 e. The van der Waals surface area contributed by atoms with Crippen LogP contribution in [-0.4, -0.2) is 49.4 Å². The van der Waals surface area contributed by atoms with Crippen molar-refractivity contribution in [2.45, 2.75) is 12.0 Å². The van der Waals surface area contributed by atoms with Gasteiger partial charge in [-0.15, -0.1) is 0 Å². The van der Waals surface area contributed by atoms with Gasteiger partial charge >= 0.3 is 5.97 Å². The molecule has 0 aliphatic carbocycles. The molecule has 1 saturated heterocycles. The molecule has 1 fully saturated rings. The van der Waals surface area contributed by atoms with Gasteiger partial charge in [-0.3, -0.25) is 4.79 Å². The summed E-state index contributed by atoms with van der Waals surface area (Å²) in [5.41, 5.74) is 0.443. The van der Waals surface area contributed by atoms with E-state index in [4.69, 9.17) is 0 Å². The standard InChI is InChI=1S/C12H12N4O3S/c17-10(13-12(11(18)19)3-4-20-6-12)7-1-2-8-9(5-7)15-16-14-8/h1-2,5H,3-4,6H2,(H,13,17)(H,18,19)(H,14,15,16). The molecule has 0 radical (unpaired) electrons. The number of aromatic amines is 1. The topological polar surface area (TPSA) is 108 Å².